The summed E-state index contributed by atoms with van der Waals surface area (Å²) in [7, 11) is 1.56. The number of esters is 1. The van der Waals surface area contributed by atoms with Crippen LogP contribution in [0, 0.1) is 0 Å². The molecule has 0 atom stereocenters. The van der Waals surface area contributed by atoms with Crippen molar-refractivity contribution in [1.82, 2.24) is 0 Å². The maximum atomic E-state index is 12.0. The largest absolute Gasteiger partial charge is 0.497 e. The summed E-state index contributed by atoms with van der Waals surface area (Å²) in [4.78, 5) is 23.8. The lowest BCUT2D eigenvalue weighted by molar-refractivity contribution is -0.118. The Hall–Kier alpha value is -3.06. The molecule has 0 unspecified atom stereocenters. The van der Waals surface area contributed by atoms with Gasteiger partial charge < -0.3 is 24.3 Å². The van der Waals surface area contributed by atoms with E-state index < -0.39 is 5.97 Å². The van der Waals surface area contributed by atoms with Crippen molar-refractivity contribution >= 4 is 17.6 Å². The lowest BCUT2D eigenvalue weighted by Gasteiger charge is -2.09. The van der Waals surface area contributed by atoms with Crippen LogP contribution >= 0.6 is 0 Å². The third-order valence-corrected chi connectivity index (χ3v) is 3.48. The summed E-state index contributed by atoms with van der Waals surface area (Å²) >= 11 is 0. The van der Waals surface area contributed by atoms with Crippen LogP contribution in [0.3, 0.4) is 0 Å². The van der Waals surface area contributed by atoms with Gasteiger partial charge in [0.1, 0.15) is 18.1 Å². The fourth-order valence-corrected chi connectivity index (χ4v) is 2.15. The molecular weight excluding hydrogens is 350 g/mol. The standard InChI is InChI=1S/C20H23NO6/c1-3-25-11-12-26-20(23)15-7-9-17(10-8-15)27-14-19(22)21-16-5-4-6-18(13-16)24-2/h4-10,13H,3,11-12,14H2,1-2H3,(H,21,22). The minimum atomic E-state index is -0.433. The zero-order valence-electron chi connectivity index (χ0n) is 15.4. The second kappa shape index (κ2) is 10.8. The highest BCUT2D eigenvalue weighted by Gasteiger charge is 2.08. The number of carbonyl (C=O) groups excluding carboxylic acids is 2. The molecule has 0 bridgehead atoms. The van der Waals surface area contributed by atoms with Crippen LogP contribution in [0.4, 0.5) is 5.69 Å². The average molecular weight is 373 g/mol. The molecule has 0 saturated carbocycles. The summed E-state index contributed by atoms with van der Waals surface area (Å²) in [5.74, 6) is 0.388. The molecule has 0 fully saturated rings. The van der Waals surface area contributed by atoms with E-state index in [0.29, 0.717) is 36.0 Å². The molecule has 27 heavy (non-hydrogen) atoms. The SMILES string of the molecule is CCOCCOC(=O)c1ccc(OCC(=O)Nc2cccc(OC)c2)cc1. The van der Waals surface area contributed by atoms with Gasteiger partial charge in [-0.1, -0.05) is 6.07 Å². The van der Waals surface area contributed by atoms with Gasteiger partial charge in [0.2, 0.25) is 0 Å². The van der Waals surface area contributed by atoms with Crippen molar-refractivity contribution in [2.45, 2.75) is 6.92 Å². The van der Waals surface area contributed by atoms with E-state index in [4.69, 9.17) is 18.9 Å². The van der Waals surface area contributed by atoms with Crippen LogP contribution in [0.1, 0.15) is 17.3 Å². The van der Waals surface area contributed by atoms with Crippen molar-refractivity contribution < 1.29 is 28.5 Å². The van der Waals surface area contributed by atoms with Gasteiger partial charge >= 0.3 is 5.97 Å². The van der Waals surface area contributed by atoms with E-state index in [0.717, 1.165) is 0 Å². The Balaban J connectivity index is 1.78. The van der Waals surface area contributed by atoms with Gasteiger partial charge in [-0.25, -0.2) is 4.79 Å². The average Bonchev–Trinajstić information content (AvgIpc) is 2.70. The summed E-state index contributed by atoms with van der Waals surface area (Å²) in [6, 6.07) is 13.4. The number of carbonyl (C=O) groups is 2. The topological polar surface area (TPSA) is 83.1 Å². The molecule has 144 valence electrons. The summed E-state index contributed by atoms with van der Waals surface area (Å²) in [6.45, 7) is 2.86. The Labute approximate surface area is 158 Å². The van der Waals surface area contributed by atoms with Crippen molar-refractivity contribution in [2.75, 3.05) is 38.9 Å². The molecule has 0 heterocycles. The van der Waals surface area contributed by atoms with Gasteiger partial charge in [0.25, 0.3) is 5.91 Å². The Morgan fingerprint density at radius 3 is 2.48 bits per heavy atom. The van der Waals surface area contributed by atoms with Crippen LogP contribution in [0.5, 0.6) is 11.5 Å². The second-order valence-corrected chi connectivity index (χ2v) is 5.43. The molecule has 1 amide bonds. The van der Waals surface area contributed by atoms with Gasteiger partial charge in [-0.3, -0.25) is 4.79 Å². The fraction of sp³-hybridized carbons (Fsp3) is 0.300. The molecule has 7 heteroatoms. The molecular formula is C20H23NO6. The maximum Gasteiger partial charge on any atom is 0.338 e. The third-order valence-electron chi connectivity index (χ3n) is 3.48. The first-order valence-electron chi connectivity index (χ1n) is 8.54. The van der Waals surface area contributed by atoms with Crippen LogP contribution < -0.4 is 14.8 Å². The predicted octanol–water partition coefficient (Wildman–Crippen LogP) is 2.91. The molecule has 0 aliphatic carbocycles. The van der Waals surface area contributed by atoms with Crippen molar-refractivity contribution in [2.24, 2.45) is 0 Å². The van der Waals surface area contributed by atoms with Crippen molar-refractivity contribution in [3.8, 4) is 11.5 Å². The second-order valence-electron chi connectivity index (χ2n) is 5.43. The Kier molecular flexibility index (Phi) is 8.12. The minimum absolute atomic E-state index is 0.157. The zero-order chi connectivity index (χ0) is 19.5. The number of hydrogen-bond donors (Lipinski definition) is 1. The highest BCUT2D eigenvalue weighted by atomic mass is 16.6. The molecule has 0 aliphatic heterocycles. The zero-order valence-corrected chi connectivity index (χ0v) is 15.4. The van der Waals surface area contributed by atoms with Gasteiger partial charge in [0.15, 0.2) is 6.61 Å². The lowest BCUT2D eigenvalue weighted by Crippen LogP contribution is -2.20. The van der Waals surface area contributed by atoms with E-state index in [1.54, 1.807) is 55.6 Å². The monoisotopic (exact) mass is 373 g/mol. The van der Waals surface area contributed by atoms with Crippen LogP contribution in [-0.4, -0.2) is 45.4 Å². The van der Waals surface area contributed by atoms with Gasteiger partial charge in [0, 0.05) is 18.4 Å². The predicted molar refractivity (Wildman–Crippen MR) is 100 cm³/mol. The molecule has 2 aromatic carbocycles. The van der Waals surface area contributed by atoms with E-state index in [1.807, 2.05) is 6.92 Å². The first-order chi connectivity index (χ1) is 13.1. The van der Waals surface area contributed by atoms with E-state index in [-0.39, 0.29) is 19.1 Å². The van der Waals surface area contributed by atoms with Gasteiger partial charge in [-0.05, 0) is 43.3 Å². The molecule has 0 aliphatic rings. The van der Waals surface area contributed by atoms with Crippen LogP contribution in [0.25, 0.3) is 0 Å². The molecule has 1 N–H and O–H groups in total. The van der Waals surface area contributed by atoms with Crippen molar-refractivity contribution in [1.29, 1.82) is 0 Å². The molecule has 2 aromatic rings. The number of nitrogens with one attached hydrogen (secondary N) is 1. The number of rotatable bonds is 10. The highest BCUT2D eigenvalue weighted by Crippen LogP contribution is 2.17. The lowest BCUT2D eigenvalue weighted by atomic mass is 10.2. The quantitative estimate of drug-likeness (QED) is 0.509. The molecule has 2 rings (SSSR count). The highest BCUT2D eigenvalue weighted by molar-refractivity contribution is 5.92. The first-order valence-corrected chi connectivity index (χ1v) is 8.54. The number of anilines is 1. The summed E-state index contributed by atoms with van der Waals surface area (Å²) in [5, 5.41) is 2.72. The van der Waals surface area contributed by atoms with Crippen molar-refractivity contribution in [3.63, 3.8) is 0 Å². The number of ether oxygens (including phenoxy) is 4. The maximum absolute atomic E-state index is 12.0. The van der Waals surface area contributed by atoms with Crippen LogP contribution in [0.2, 0.25) is 0 Å². The summed E-state index contributed by atoms with van der Waals surface area (Å²) < 4.78 is 20.7. The third kappa shape index (κ3) is 6.99. The number of methoxy groups -OCH3 is 1. The Bertz CT molecular complexity index is 744. The smallest absolute Gasteiger partial charge is 0.338 e. The fourth-order valence-electron chi connectivity index (χ4n) is 2.15. The van der Waals surface area contributed by atoms with Crippen molar-refractivity contribution in [3.05, 3.63) is 54.1 Å². The molecule has 0 saturated heterocycles. The normalized spacial score (nSPS) is 10.1. The molecule has 0 aromatic heterocycles. The molecule has 7 nitrogen and oxygen atoms in total. The van der Waals surface area contributed by atoms with E-state index in [1.165, 1.54) is 0 Å². The Morgan fingerprint density at radius 1 is 1.00 bits per heavy atom. The Morgan fingerprint density at radius 2 is 1.78 bits per heavy atom. The molecule has 0 radical (unpaired) electrons. The number of hydrogen-bond acceptors (Lipinski definition) is 6. The number of benzene rings is 2. The van der Waals surface area contributed by atoms with Crippen LogP contribution in [0.15, 0.2) is 48.5 Å². The van der Waals surface area contributed by atoms with E-state index in [9.17, 15) is 9.59 Å². The van der Waals surface area contributed by atoms with E-state index in [2.05, 4.69) is 5.32 Å². The number of amides is 1. The molecule has 0 spiro atoms. The minimum Gasteiger partial charge on any atom is -0.497 e. The van der Waals surface area contributed by atoms with E-state index >= 15 is 0 Å². The summed E-state index contributed by atoms with van der Waals surface area (Å²) in [5.41, 5.74) is 1.02. The van der Waals surface area contributed by atoms with Gasteiger partial charge in [-0.2, -0.15) is 0 Å². The first kappa shape index (κ1) is 20.3. The van der Waals surface area contributed by atoms with Crippen LogP contribution in [-0.2, 0) is 14.3 Å². The summed E-state index contributed by atoms with van der Waals surface area (Å²) in [6.07, 6.45) is 0. The van der Waals surface area contributed by atoms with Gasteiger partial charge in [0.05, 0.1) is 19.3 Å². The van der Waals surface area contributed by atoms with Gasteiger partial charge in [-0.15, -0.1) is 0 Å².